The number of aliphatic hydroxyl groups is 1. The Hall–Kier alpha value is -2.44. The number of benzene rings is 2. The Labute approximate surface area is 141 Å². The Kier molecular flexibility index (Phi) is 6.28. The van der Waals surface area contributed by atoms with Crippen molar-refractivity contribution in [1.82, 2.24) is 10.2 Å². The van der Waals surface area contributed by atoms with Gasteiger partial charge in [0.25, 0.3) is 0 Å². The molecule has 2 rings (SSSR count). The molecule has 5 nitrogen and oxygen atoms in total. The molecule has 0 aromatic heterocycles. The summed E-state index contributed by atoms with van der Waals surface area (Å²) in [4.78, 5) is 14.0. The molecule has 0 aliphatic rings. The second kappa shape index (κ2) is 8.42. The Balaban J connectivity index is 1.88. The second-order valence-electron chi connectivity index (χ2n) is 5.81. The number of hydrogen-bond acceptors (Lipinski definition) is 3. The minimum absolute atomic E-state index is 0.0792. The van der Waals surface area contributed by atoms with Crippen LogP contribution in [0.3, 0.4) is 0 Å². The SMILES string of the molecule is CN(C)Cc1cccc(NC(=O)NCC(O)c2ccccc2F)c1. The molecule has 0 aliphatic carbocycles. The summed E-state index contributed by atoms with van der Waals surface area (Å²) in [6, 6.07) is 13.0. The molecule has 1 unspecified atom stereocenters. The predicted molar refractivity (Wildman–Crippen MR) is 92.2 cm³/mol. The summed E-state index contributed by atoms with van der Waals surface area (Å²) < 4.78 is 13.6. The molecule has 1 atom stereocenters. The highest BCUT2D eigenvalue weighted by molar-refractivity contribution is 5.89. The number of aliphatic hydroxyl groups excluding tert-OH is 1. The molecule has 0 fully saturated rings. The predicted octanol–water partition coefficient (Wildman–Crippen LogP) is 2.74. The molecule has 24 heavy (non-hydrogen) atoms. The van der Waals surface area contributed by atoms with Crippen LogP contribution in [0, 0.1) is 5.82 Å². The van der Waals surface area contributed by atoms with E-state index >= 15 is 0 Å². The van der Waals surface area contributed by atoms with Gasteiger partial charge < -0.3 is 20.6 Å². The van der Waals surface area contributed by atoms with Crippen LogP contribution in [0.1, 0.15) is 17.2 Å². The number of amides is 2. The van der Waals surface area contributed by atoms with Gasteiger partial charge in [-0.05, 0) is 37.9 Å². The molecule has 0 spiro atoms. The fourth-order valence-corrected chi connectivity index (χ4v) is 2.33. The molecule has 0 saturated carbocycles. The first-order valence-electron chi connectivity index (χ1n) is 7.66. The normalized spacial score (nSPS) is 12.0. The van der Waals surface area contributed by atoms with Crippen molar-refractivity contribution in [1.29, 1.82) is 0 Å². The van der Waals surface area contributed by atoms with Crippen molar-refractivity contribution in [3.63, 3.8) is 0 Å². The van der Waals surface area contributed by atoms with Gasteiger partial charge in [-0.25, -0.2) is 9.18 Å². The fourth-order valence-electron chi connectivity index (χ4n) is 2.33. The summed E-state index contributed by atoms with van der Waals surface area (Å²) in [7, 11) is 3.94. The highest BCUT2D eigenvalue weighted by atomic mass is 19.1. The molecule has 2 aromatic rings. The van der Waals surface area contributed by atoms with E-state index < -0.39 is 18.0 Å². The molecule has 0 heterocycles. The van der Waals surface area contributed by atoms with Crippen LogP contribution in [0.4, 0.5) is 14.9 Å². The maximum absolute atomic E-state index is 13.6. The molecule has 0 aliphatic heterocycles. The van der Waals surface area contributed by atoms with Crippen molar-refractivity contribution >= 4 is 11.7 Å². The van der Waals surface area contributed by atoms with Gasteiger partial charge >= 0.3 is 6.03 Å². The van der Waals surface area contributed by atoms with E-state index in [1.807, 2.05) is 37.2 Å². The van der Waals surface area contributed by atoms with Crippen molar-refractivity contribution in [3.05, 3.63) is 65.5 Å². The highest BCUT2D eigenvalue weighted by Crippen LogP contribution is 2.16. The first-order valence-corrected chi connectivity index (χ1v) is 7.66. The smallest absolute Gasteiger partial charge is 0.319 e. The second-order valence-corrected chi connectivity index (χ2v) is 5.81. The van der Waals surface area contributed by atoms with E-state index in [1.165, 1.54) is 12.1 Å². The third-order valence-electron chi connectivity index (χ3n) is 3.40. The summed E-state index contributed by atoms with van der Waals surface area (Å²) in [6.07, 6.45) is -1.10. The van der Waals surface area contributed by atoms with Gasteiger partial charge in [-0.3, -0.25) is 0 Å². The number of carbonyl (C=O) groups excluding carboxylic acids is 1. The van der Waals surface area contributed by atoms with Crippen molar-refractivity contribution < 1.29 is 14.3 Å². The molecule has 0 bridgehead atoms. The zero-order valence-corrected chi connectivity index (χ0v) is 13.8. The van der Waals surface area contributed by atoms with Crippen molar-refractivity contribution in [2.75, 3.05) is 26.0 Å². The monoisotopic (exact) mass is 331 g/mol. The summed E-state index contributed by atoms with van der Waals surface area (Å²) in [5, 5.41) is 15.2. The van der Waals surface area contributed by atoms with E-state index in [0.29, 0.717) is 5.69 Å². The summed E-state index contributed by atoms with van der Waals surface area (Å²) in [5.74, 6) is -0.497. The summed E-state index contributed by atoms with van der Waals surface area (Å²) in [5.41, 5.74) is 1.89. The van der Waals surface area contributed by atoms with Crippen LogP contribution in [-0.4, -0.2) is 36.7 Å². The lowest BCUT2D eigenvalue weighted by Gasteiger charge is -2.14. The Bertz CT molecular complexity index is 691. The number of urea groups is 1. The quantitative estimate of drug-likeness (QED) is 0.763. The lowest BCUT2D eigenvalue weighted by molar-refractivity contribution is 0.170. The van der Waals surface area contributed by atoms with E-state index in [1.54, 1.807) is 18.2 Å². The van der Waals surface area contributed by atoms with E-state index in [-0.39, 0.29) is 12.1 Å². The summed E-state index contributed by atoms with van der Waals surface area (Å²) in [6.45, 7) is 0.688. The van der Waals surface area contributed by atoms with Gasteiger partial charge in [-0.15, -0.1) is 0 Å². The zero-order chi connectivity index (χ0) is 17.5. The third-order valence-corrected chi connectivity index (χ3v) is 3.40. The minimum atomic E-state index is -1.10. The van der Waals surface area contributed by atoms with Gasteiger partial charge in [-0.1, -0.05) is 30.3 Å². The standard InChI is InChI=1S/C18H22FN3O2/c1-22(2)12-13-6-5-7-14(10-13)21-18(24)20-11-17(23)15-8-3-4-9-16(15)19/h3-10,17,23H,11-12H2,1-2H3,(H2,20,21,24). The number of anilines is 1. The van der Waals surface area contributed by atoms with Crippen molar-refractivity contribution in [2.45, 2.75) is 12.6 Å². The van der Waals surface area contributed by atoms with Gasteiger partial charge in [-0.2, -0.15) is 0 Å². The van der Waals surface area contributed by atoms with Gasteiger partial charge in [0, 0.05) is 24.3 Å². The lowest BCUT2D eigenvalue weighted by Crippen LogP contribution is -2.32. The van der Waals surface area contributed by atoms with Gasteiger partial charge in [0.15, 0.2) is 0 Å². The van der Waals surface area contributed by atoms with Crippen LogP contribution >= 0.6 is 0 Å². The Morgan fingerprint density at radius 1 is 1.21 bits per heavy atom. The van der Waals surface area contributed by atoms with E-state index in [0.717, 1.165) is 12.1 Å². The van der Waals surface area contributed by atoms with Crippen molar-refractivity contribution in [2.24, 2.45) is 0 Å². The maximum Gasteiger partial charge on any atom is 0.319 e. The fraction of sp³-hybridized carbons (Fsp3) is 0.278. The number of nitrogens with zero attached hydrogens (tertiary/aromatic N) is 1. The molecule has 0 radical (unpaired) electrons. The minimum Gasteiger partial charge on any atom is -0.386 e. The molecule has 2 amide bonds. The zero-order valence-electron chi connectivity index (χ0n) is 13.8. The first kappa shape index (κ1) is 17.9. The van der Waals surface area contributed by atoms with Crippen LogP contribution in [0.15, 0.2) is 48.5 Å². The number of nitrogens with one attached hydrogen (secondary N) is 2. The Morgan fingerprint density at radius 3 is 2.67 bits per heavy atom. The number of halogens is 1. The van der Waals surface area contributed by atoms with Crippen LogP contribution in [0.5, 0.6) is 0 Å². The number of rotatable bonds is 6. The van der Waals surface area contributed by atoms with Gasteiger partial charge in [0.05, 0.1) is 6.10 Å². The lowest BCUT2D eigenvalue weighted by atomic mass is 10.1. The number of hydrogen-bond donors (Lipinski definition) is 3. The molecule has 6 heteroatoms. The van der Waals surface area contributed by atoms with Crippen LogP contribution < -0.4 is 10.6 Å². The summed E-state index contributed by atoms with van der Waals surface area (Å²) >= 11 is 0. The molecule has 0 saturated heterocycles. The van der Waals surface area contributed by atoms with E-state index in [9.17, 15) is 14.3 Å². The largest absolute Gasteiger partial charge is 0.386 e. The van der Waals surface area contributed by atoms with Crippen LogP contribution in [-0.2, 0) is 6.54 Å². The van der Waals surface area contributed by atoms with Crippen LogP contribution in [0.2, 0.25) is 0 Å². The molecular formula is C18H22FN3O2. The average molecular weight is 331 g/mol. The molecule has 3 N–H and O–H groups in total. The highest BCUT2D eigenvalue weighted by Gasteiger charge is 2.13. The third kappa shape index (κ3) is 5.33. The molecular weight excluding hydrogens is 309 g/mol. The molecule has 2 aromatic carbocycles. The maximum atomic E-state index is 13.6. The topological polar surface area (TPSA) is 64.6 Å². The van der Waals surface area contributed by atoms with Gasteiger partial charge in [0.1, 0.15) is 5.82 Å². The average Bonchev–Trinajstić information content (AvgIpc) is 2.53. The number of carbonyl (C=O) groups is 1. The van der Waals surface area contributed by atoms with Crippen molar-refractivity contribution in [3.8, 4) is 0 Å². The van der Waals surface area contributed by atoms with E-state index in [2.05, 4.69) is 10.6 Å². The van der Waals surface area contributed by atoms with E-state index in [4.69, 9.17) is 0 Å². The Morgan fingerprint density at radius 2 is 1.96 bits per heavy atom. The van der Waals surface area contributed by atoms with Gasteiger partial charge in [0.2, 0.25) is 0 Å². The molecule has 128 valence electrons. The first-order chi connectivity index (χ1) is 11.5. The van der Waals surface area contributed by atoms with Crippen LogP contribution in [0.25, 0.3) is 0 Å².